The summed E-state index contributed by atoms with van der Waals surface area (Å²) in [6.45, 7) is 6.37. The number of hydrogen-bond acceptors (Lipinski definition) is 4. The molecule has 0 aromatic carbocycles. The number of nitrogens with one attached hydrogen (secondary N) is 1. The number of carbonyl (C=O) groups excluding carboxylic acids is 1. The molecule has 1 atom stereocenters. The second kappa shape index (κ2) is 9.53. The van der Waals surface area contributed by atoms with Crippen LogP contribution in [0.4, 0.5) is 0 Å². The van der Waals surface area contributed by atoms with Crippen LogP contribution in [0.1, 0.15) is 37.4 Å². The fraction of sp³-hybridized carbons (Fsp3) is 0.667. The van der Waals surface area contributed by atoms with Crippen LogP contribution in [0.3, 0.4) is 0 Å². The molecule has 0 bridgehead atoms. The van der Waals surface area contributed by atoms with Crippen LogP contribution in [-0.2, 0) is 11.2 Å². The van der Waals surface area contributed by atoms with E-state index in [-0.39, 0.29) is 30.7 Å². The summed E-state index contributed by atoms with van der Waals surface area (Å²) in [7, 11) is 0. The summed E-state index contributed by atoms with van der Waals surface area (Å²) < 4.78 is 0. The highest BCUT2D eigenvalue weighted by atomic mass is 35.5. The molecular weight excluding hydrogens is 305 g/mol. The van der Waals surface area contributed by atoms with Crippen molar-refractivity contribution in [3.05, 3.63) is 16.1 Å². The molecule has 0 aliphatic rings. The molecule has 1 unspecified atom stereocenters. The lowest BCUT2D eigenvalue weighted by Gasteiger charge is -2.22. The average molecular weight is 328 g/mol. The Morgan fingerprint density at radius 1 is 1.53 bits per heavy atom. The van der Waals surface area contributed by atoms with Gasteiger partial charge < -0.3 is 11.1 Å². The smallest absolute Gasteiger partial charge is 0.239 e. The van der Waals surface area contributed by atoms with Crippen LogP contribution >= 0.6 is 36.2 Å². The molecule has 1 aromatic heterocycles. The number of nitrogens with two attached hydrogens (primary N) is 1. The van der Waals surface area contributed by atoms with Gasteiger partial charge in [0.2, 0.25) is 5.91 Å². The quantitative estimate of drug-likeness (QED) is 0.843. The SMILES string of the molecule is CCCC(C)(N)C(=O)NCCc1csc(C)n1.Cl.Cl. The number of aromatic nitrogens is 1. The molecule has 0 radical (unpaired) electrons. The first kappa shape index (κ1) is 20.9. The Morgan fingerprint density at radius 3 is 2.63 bits per heavy atom. The third kappa shape index (κ3) is 7.11. The van der Waals surface area contributed by atoms with Gasteiger partial charge in [-0.05, 0) is 20.3 Å². The van der Waals surface area contributed by atoms with E-state index in [9.17, 15) is 4.79 Å². The molecule has 0 fully saturated rings. The van der Waals surface area contributed by atoms with Crippen molar-refractivity contribution in [2.45, 2.75) is 45.6 Å². The van der Waals surface area contributed by atoms with Gasteiger partial charge in [-0.1, -0.05) is 13.3 Å². The largest absolute Gasteiger partial charge is 0.354 e. The molecule has 0 aliphatic heterocycles. The van der Waals surface area contributed by atoms with Gasteiger partial charge in [-0.15, -0.1) is 36.2 Å². The second-order valence-electron chi connectivity index (χ2n) is 4.53. The highest BCUT2D eigenvalue weighted by molar-refractivity contribution is 7.09. The normalized spacial score (nSPS) is 12.8. The first-order chi connectivity index (χ1) is 7.95. The van der Waals surface area contributed by atoms with Crippen LogP contribution in [0.25, 0.3) is 0 Å². The van der Waals surface area contributed by atoms with Gasteiger partial charge in [0, 0.05) is 18.3 Å². The third-order valence-corrected chi connectivity index (χ3v) is 3.44. The van der Waals surface area contributed by atoms with E-state index in [1.165, 1.54) is 0 Å². The minimum Gasteiger partial charge on any atom is -0.354 e. The van der Waals surface area contributed by atoms with Gasteiger partial charge in [0.15, 0.2) is 0 Å². The second-order valence-corrected chi connectivity index (χ2v) is 5.59. The fourth-order valence-electron chi connectivity index (χ4n) is 1.66. The number of halogens is 2. The van der Waals surface area contributed by atoms with Gasteiger partial charge in [0.05, 0.1) is 16.2 Å². The van der Waals surface area contributed by atoms with E-state index < -0.39 is 5.54 Å². The van der Waals surface area contributed by atoms with Crippen molar-refractivity contribution in [1.29, 1.82) is 0 Å². The Kier molecular flexibility index (Phi) is 10.5. The number of thiazole rings is 1. The maximum Gasteiger partial charge on any atom is 0.239 e. The van der Waals surface area contributed by atoms with Crippen molar-refractivity contribution >= 4 is 42.1 Å². The molecule has 1 heterocycles. The summed E-state index contributed by atoms with van der Waals surface area (Å²) in [5.74, 6) is -0.0775. The number of rotatable bonds is 6. The number of aryl methyl sites for hydroxylation is 1. The standard InChI is InChI=1S/C12H21N3OS.2ClH/c1-4-6-12(3,13)11(16)14-7-5-10-8-17-9(2)15-10;;/h8H,4-7,13H2,1-3H3,(H,14,16);2*1H. The summed E-state index contributed by atoms with van der Waals surface area (Å²) in [6.07, 6.45) is 2.37. The van der Waals surface area contributed by atoms with E-state index in [0.717, 1.165) is 23.5 Å². The summed E-state index contributed by atoms with van der Waals surface area (Å²) in [5.41, 5.74) is 6.20. The Morgan fingerprint density at radius 2 is 2.16 bits per heavy atom. The summed E-state index contributed by atoms with van der Waals surface area (Å²) >= 11 is 1.63. The third-order valence-electron chi connectivity index (χ3n) is 2.62. The van der Waals surface area contributed by atoms with Gasteiger partial charge in [-0.25, -0.2) is 4.98 Å². The zero-order valence-electron chi connectivity index (χ0n) is 11.6. The lowest BCUT2D eigenvalue weighted by Crippen LogP contribution is -2.51. The predicted octanol–water partition coefficient (Wildman–Crippen LogP) is 2.47. The van der Waals surface area contributed by atoms with Crippen molar-refractivity contribution in [1.82, 2.24) is 10.3 Å². The first-order valence-corrected chi connectivity index (χ1v) is 6.82. The van der Waals surface area contributed by atoms with Crippen LogP contribution in [-0.4, -0.2) is 23.0 Å². The van der Waals surface area contributed by atoms with Crippen molar-refractivity contribution in [3.63, 3.8) is 0 Å². The predicted molar refractivity (Wildman–Crippen MR) is 85.6 cm³/mol. The molecule has 4 nitrogen and oxygen atoms in total. The van der Waals surface area contributed by atoms with Gasteiger partial charge in [-0.2, -0.15) is 0 Å². The zero-order valence-corrected chi connectivity index (χ0v) is 14.0. The van der Waals surface area contributed by atoms with Gasteiger partial charge in [0.25, 0.3) is 0 Å². The van der Waals surface area contributed by atoms with Crippen molar-refractivity contribution in [2.75, 3.05) is 6.54 Å². The maximum atomic E-state index is 11.8. The summed E-state index contributed by atoms with van der Waals surface area (Å²) in [5, 5.41) is 5.95. The van der Waals surface area contributed by atoms with Crippen LogP contribution in [0.5, 0.6) is 0 Å². The minimum atomic E-state index is -0.757. The molecule has 0 saturated heterocycles. The van der Waals surface area contributed by atoms with E-state index >= 15 is 0 Å². The number of amides is 1. The number of nitrogens with zero attached hydrogens (tertiary/aromatic N) is 1. The van der Waals surface area contributed by atoms with Crippen LogP contribution < -0.4 is 11.1 Å². The van der Waals surface area contributed by atoms with Crippen LogP contribution in [0, 0.1) is 6.92 Å². The lowest BCUT2D eigenvalue weighted by molar-refractivity contribution is -0.126. The highest BCUT2D eigenvalue weighted by Gasteiger charge is 2.26. The molecule has 1 aromatic rings. The maximum absolute atomic E-state index is 11.8. The van der Waals surface area contributed by atoms with Crippen LogP contribution in [0.2, 0.25) is 0 Å². The Bertz CT molecular complexity index is 383. The Labute approximate surface area is 131 Å². The van der Waals surface area contributed by atoms with Crippen molar-refractivity contribution in [3.8, 4) is 0 Å². The van der Waals surface area contributed by atoms with E-state index in [0.29, 0.717) is 13.0 Å². The molecule has 19 heavy (non-hydrogen) atoms. The van der Waals surface area contributed by atoms with Crippen molar-refractivity contribution in [2.24, 2.45) is 5.73 Å². The van der Waals surface area contributed by atoms with Gasteiger partial charge >= 0.3 is 0 Å². The Balaban J connectivity index is 0. The Hall–Kier alpha value is -0.360. The minimum absolute atomic E-state index is 0. The summed E-state index contributed by atoms with van der Waals surface area (Å²) in [6, 6.07) is 0. The molecule has 1 amide bonds. The molecule has 0 aliphatic carbocycles. The first-order valence-electron chi connectivity index (χ1n) is 5.94. The van der Waals surface area contributed by atoms with E-state index in [4.69, 9.17) is 5.73 Å². The molecule has 7 heteroatoms. The molecular formula is C12H23Cl2N3OS. The van der Waals surface area contributed by atoms with Crippen LogP contribution in [0.15, 0.2) is 5.38 Å². The zero-order chi connectivity index (χ0) is 12.9. The molecule has 1 rings (SSSR count). The lowest BCUT2D eigenvalue weighted by atomic mass is 9.96. The molecule has 3 N–H and O–H groups in total. The topological polar surface area (TPSA) is 68.0 Å². The van der Waals surface area contributed by atoms with E-state index in [1.54, 1.807) is 18.3 Å². The molecule has 0 saturated carbocycles. The van der Waals surface area contributed by atoms with Gasteiger partial charge in [-0.3, -0.25) is 4.79 Å². The number of hydrogen-bond donors (Lipinski definition) is 2. The fourth-order valence-corrected chi connectivity index (χ4v) is 2.31. The number of carbonyl (C=O) groups is 1. The van der Waals surface area contributed by atoms with E-state index in [2.05, 4.69) is 10.3 Å². The average Bonchev–Trinajstić information content (AvgIpc) is 2.64. The van der Waals surface area contributed by atoms with Gasteiger partial charge in [0.1, 0.15) is 0 Å². The molecule has 112 valence electrons. The summed E-state index contributed by atoms with van der Waals surface area (Å²) in [4.78, 5) is 16.1. The highest BCUT2D eigenvalue weighted by Crippen LogP contribution is 2.09. The van der Waals surface area contributed by atoms with E-state index in [1.807, 2.05) is 19.2 Å². The van der Waals surface area contributed by atoms with Crippen molar-refractivity contribution < 1.29 is 4.79 Å². The molecule has 0 spiro atoms. The monoisotopic (exact) mass is 327 g/mol.